The van der Waals surface area contributed by atoms with Crippen molar-refractivity contribution in [2.45, 2.75) is 32.8 Å². The third-order valence-corrected chi connectivity index (χ3v) is 5.68. The lowest BCUT2D eigenvalue weighted by molar-refractivity contribution is 0.0289. The van der Waals surface area contributed by atoms with Crippen molar-refractivity contribution in [3.05, 3.63) is 30.6 Å². The van der Waals surface area contributed by atoms with Crippen molar-refractivity contribution in [3.63, 3.8) is 0 Å². The van der Waals surface area contributed by atoms with Gasteiger partial charge in [0.1, 0.15) is 5.60 Å². The quantitative estimate of drug-likeness (QED) is 0.681. The average molecular weight is 400 g/mol. The van der Waals surface area contributed by atoms with Crippen LogP contribution in [0, 0.1) is 5.92 Å². The van der Waals surface area contributed by atoms with Crippen LogP contribution >= 0.6 is 11.3 Å². The van der Waals surface area contributed by atoms with Gasteiger partial charge in [-0.3, -0.25) is 5.10 Å². The molecule has 2 N–H and O–H groups in total. The number of anilines is 1. The topological polar surface area (TPSA) is 83.1 Å². The standard InChI is InChI=1S/C20H25N5O2S/c1-20(2,3)27-19(26)25-7-6-13(12-25)9-21-18-24-16-5-4-14(8-17(16)28-18)15-10-22-23-11-15/h4-5,8,10-11,13H,6-7,9,12H2,1-3H3,(H,21,24)(H,22,23). The summed E-state index contributed by atoms with van der Waals surface area (Å²) in [5.41, 5.74) is 2.73. The first kappa shape index (κ1) is 18.7. The number of H-pyrrole nitrogens is 1. The third kappa shape index (κ3) is 4.27. The Balaban J connectivity index is 1.35. The Morgan fingerprint density at radius 3 is 3.00 bits per heavy atom. The van der Waals surface area contributed by atoms with Crippen LogP contribution in [-0.4, -0.2) is 51.4 Å². The second-order valence-corrected chi connectivity index (χ2v) is 9.18. The highest BCUT2D eigenvalue weighted by Gasteiger charge is 2.29. The number of benzene rings is 1. The van der Waals surface area contributed by atoms with Gasteiger partial charge in [0.2, 0.25) is 0 Å². The highest BCUT2D eigenvalue weighted by atomic mass is 32.1. The van der Waals surface area contributed by atoms with E-state index in [4.69, 9.17) is 4.74 Å². The zero-order valence-corrected chi connectivity index (χ0v) is 17.2. The molecule has 1 fully saturated rings. The maximum atomic E-state index is 12.2. The molecule has 0 radical (unpaired) electrons. The molecule has 1 atom stereocenters. The molecular weight excluding hydrogens is 374 g/mol. The molecule has 0 aliphatic carbocycles. The zero-order valence-electron chi connectivity index (χ0n) is 16.4. The van der Waals surface area contributed by atoms with Crippen LogP contribution in [0.1, 0.15) is 27.2 Å². The largest absolute Gasteiger partial charge is 0.444 e. The van der Waals surface area contributed by atoms with Gasteiger partial charge in [0, 0.05) is 31.4 Å². The molecule has 7 nitrogen and oxygen atoms in total. The van der Waals surface area contributed by atoms with E-state index in [9.17, 15) is 4.79 Å². The molecule has 3 aromatic rings. The molecule has 8 heteroatoms. The summed E-state index contributed by atoms with van der Waals surface area (Å²) in [7, 11) is 0. The smallest absolute Gasteiger partial charge is 0.410 e. The van der Waals surface area contributed by atoms with Crippen LogP contribution in [0.2, 0.25) is 0 Å². The number of hydrogen-bond acceptors (Lipinski definition) is 6. The Morgan fingerprint density at radius 2 is 2.25 bits per heavy atom. The third-order valence-electron chi connectivity index (χ3n) is 4.70. The maximum absolute atomic E-state index is 12.2. The number of amides is 1. The predicted octanol–water partition coefficient (Wildman–Crippen LogP) is 4.36. The van der Waals surface area contributed by atoms with Crippen molar-refractivity contribution in [2.75, 3.05) is 25.0 Å². The van der Waals surface area contributed by atoms with Crippen molar-refractivity contribution in [3.8, 4) is 11.1 Å². The number of carbonyl (C=O) groups excluding carboxylic acids is 1. The molecule has 0 bridgehead atoms. The fourth-order valence-electron chi connectivity index (χ4n) is 3.31. The number of nitrogens with zero attached hydrogens (tertiary/aromatic N) is 3. The second-order valence-electron chi connectivity index (χ2n) is 8.15. The summed E-state index contributed by atoms with van der Waals surface area (Å²) in [5.74, 6) is 0.404. The first-order chi connectivity index (χ1) is 13.4. The van der Waals surface area contributed by atoms with E-state index in [1.165, 1.54) is 0 Å². The molecule has 0 spiro atoms. The molecule has 1 unspecified atom stereocenters. The van der Waals surface area contributed by atoms with E-state index in [1.54, 1.807) is 16.2 Å². The highest BCUT2D eigenvalue weighted by Crippen LogP contribution is 2.30. The molecule has 4 rings (SSSR count). The summed E-state index contributed by atoms with van der Waals surface area (Å²) in [4.78, 5) is 18.7. The van der Waals surface area contributed by atoms with Crippen LogP contribution in [-0.2, 0) is 4.74 Å². The van der Waals surface area contributed by atoms with Gasteiger partial charge in [-0.25, -0.2) is 9.78 Å². The van der Waals surface area contributed by atoms with Gasteiger partial charge in [0.15, 0.2) is 5.13 Å². The maximum Gasteiger partial charge on any atom is 0.410 e. The summed E-state index contributed by atoms with van der Waals surface area (Å²) in [5, 5.41) is 11.2. The highest BCUT2D eigenvalue weighted by molar-refractivity contribution is 7.22. The first-order valence-corrected chi connectivity index (χ1v) is 10.3. The Kier molecular flexibility index (Phi) is 4.97. The van der Waals surface area contributed by atoms with Crippen molar-refractivity contribution in [1.29, 1.82) is 0 Å². The van der Waals surface area contributed by atoms with Crippen molar-refractivity contribution < 1.29 is 9.53 Å². The van der Waals surface area contributed by atoms with Crippen LogP contribution in [0.4, 0.5) is 9.93 Å². The van der Waals surface area contributed by atoms with Gasteiger partial charge in [-0.2, -0.15) is 5.10 Å². The van der Waals surface area contributed by atoms with Gasteiger partial charge in [-0.05, 0) is 50.8 Å². The summed E-state index contributed by atoms with van der Waals surface area (Å²) in [6.45, 7) is 7.95. The average Bonchev–Trinajstić information content (AvgIpc) is 3.36. The van der Waals surface area contributed by atoms with Crippen LogP contribution in [0.15, 0.2) is 30.6 Å². The first-order valence-electron chi connectivity index (χ1n) is 9.49. The van der Waals surface area contributed by atoms with Crippen LogP contribution in [0.5, 0.6) is 0 Å². The molecule has 28 heavy (non-hydrogen) atoms. The number of nitrogens with one attached hydrogen (secondary N) is 2. The molecule has 3 heterocycles. The summed E-state index contributed by atoms with van der Waals surface area (Å²) < 4.78 is 6.61. The fraction of sp³-hybridized carbons (Fsp3) is 0.450. The van der Waals surface area contributed by atoms with Gasteiger partial charge < -0.3 is 15.0 Å². The Bertz CT molecular complexity index is 961. The fourth-order valence-corrected chi connectivity index (χ4v) is 4.22. The Morgan fingerprint density at radius 1 is 1.39 bits per heavy atom. The number of ether oxygens (including phenoxy) is 1. The molecule has 1 amide bonds. The molecule has 2 aromatic heterocycles. The Labute approximate surface area is 168 Å². The molecule has 1 aliphatic rings. The number of carbonyl (C=O) groups is 1. The Hall–Kier alpha value is -2.61. The minimum Gasteiger partial charge on any atom is -0.444 e. The molecule has 1 aromatic carbocycles. The second kappa shape index (κ2) is 7.43. The predicted molar refractivity (Wildman–Crippen MR) is 112 cm³/mol. The molecule has 1 aliphatic heterocycles. The van der Waals surface area contributed by atoms with E-state index in [2.05, 4.69) is 32.6 Å². The van der Waals surface area contributed by atoms with Gasteiger partial charge in [-0.15, -0.1) is 0 Å². The SMILES string of the molecule is CC(C)(C)OC(=O)N1CCC(CNc2nc3ccc(-c4cn[nH]c4)cc3s2)C1. The van der Waals surface area contributed by atoms with Gasteiger partial charge >= 0.3 is 6.09 Å². The normalized spacial score (nSPS) is 17.2. The number of aromatic nitrogens is 3. The van der Waals surface area contributed by atoms with Crippen molar-refractivity contribution >= 4 is 32.8 Å². The van der Waals surface area contributed by atoms with E-state index in [-0.39, 0.29) is 6.09 Å². The lowest BCUT2D eigenvalue weighted by Gasteiger charge is -2.24. The minimum atomic E-state index is -0.455. The number of rotatable bonds is 4. The molecular formula is C20H25N5O2S. The zero-order chi connectivity index (χ0) is 19.7. The van der Waals surface area contributed by atoms with E-state index in [0.717, 1.165) is 52.5 Å². The summed E-state index contributed by atoms with van der Waals surface area (Å²) in [6, 6.07) is 6.24. The summed E-state index contributed by atoms with van der Waals surface area (Å²) >= 11 is 1.65. The van der Waals surface area contributed by atoms with Gasteiger partial charge in [0.05, 0.1) is 16.4 Å². The van der Waals surface area contributed by atoms with Crippen LogP contribution < -0.4 is 5.32 Å². The molecule has 148 valence electrons. The van der Waals surface area contributed by atoms with Crippen LogP contribution in [0.3, 0.4) is 0 Å². The minimum absolute atomic E-state index is 0.221. The lowest BCUT2D eigenvalue weighted by atomic mass is 10.1. The van der Waals surface area contributed by atoms with E-state index >= 15 is 0 Å². The van der Waals surface area contributed by atoms with Crippen molar-refractivity contribution in [2.24, 2.45) is 5.92 Å². The number of thiazole rings is 1. The van der Waals surface area contributed by atoms with E-state index < -0.39 is 5.60 Å². The van der Waals surface area contributed by atoms with E-state index in [1.807, 2.05) is 39.2 Å². The molecule has 0 saturated carbocycles. The number of fused-ring (bicyclic) bond motifs is 1. The van der Waals surface area contributed by atoms with Gasteiger partial charge in [-0.1, -0.05) is 17.4 Å². The lowest BCUT2D eigenvalue weighted by Crippen LogP contribution is -2.35. The summed E-state index contributed by atoms with van der Waals surface area (Å²) in [6.07, 6.45) is 4.46. The van der Waals surface area contributed by atoms with E-state index in [0.29, 0.717) is 5.92 Å². The number of likely N-dealkylation sites (tertiary alicyclic amines) is 1. The monoisotopic (exact) mass is 399 g/mol. The van der Waals surface area contributed by atoms with Gasteiger partial charge in [0.25, 0.3) is 0 Å². The van der Waals surface area contributed by atoms with Crippen LogP contribution in [0.25, 0.3) is 21.3 Å². The number of aromatic amines is 1. The number of hydrogen-bond donors (Lipinski definition) is 2. The van der Waals surface area contributed by atoms with Crippen molar-refractivity contribution in [1.82, 2.24) is 20.1 Å². The molecule has 1 saturated heterocycles.